The summed E-state index contributed by atoms with van der Waals surface area (Å²) in [5.74, 6) is 0.858. The van der Waals surface area contributed by atoms with Crippen molar-refractivity contribution in [3.05, 3.63) is 5.82 Å². The van der Waals surface area contributed by atoms with E-state index in [1.807, 2.05) is 10.8 Å². The first-order valence-electron chi connectivity index (χ1n) is 3.49. The van der Waals surface area contributed by atoms with Gasteiger partial charge in [-0.1, -0.05) is 11.8 Å². The molecule has 5 heteroatoms. The Labute approximate surface area is 70.2 Å². The van der Waals surface area contributed by atoms with Crippen LogP contribution < -0.4 is 5.73 Å². The molecule has 1 aromatic heterocycles. The third kappa shape index (κ3) is 1.54. The Hall–Kier alpha value is -0.550. The molecule has 4 nitrogen and oxygen atoms in total. The quantitative estimate of drug-likeness (QED) is 0.674. The normalized spacial score (nSPS) is 10.5. The van der Waals surface area contributed by atoms with E-state index in [-0.39, 0.29) is 0 Å². The molecule has 0 amide bonds. The fraction of sp³-hybridized carbons (Fsp3) is 0.667. The monoisotopic (exact) mass is 172 g/mol. The van der Waals surface area contributed by atoms with Gasteiger partial charge in [0.15, 0.2) is 5.16 Å². The van der Waals surface area contributed by atoms with Crippen LogP contribution in [0, 0.1) is 0 Å². The minimum Gasteiger partial charge on any atom is -0.324 e. The summed E-state index contributed by atoms with van der Waals surface area (Å²) in [4.78, 5) is 0. The first-order chi connectivity index (χ1) is 5.33. The van der Waals surface area contributed by atoms with E-state index >= 15 is 0 Å². The van der Waals surface area contributed by atoms with E-state index in [0.717, 1.165) is 17.5 Å². The average Bonchev–Trinajstić information content (AvgIpc) is 2.45. The fourth-order valence-electron chi connectivity index (χ4n) is 0.939. The van der Waals surface area contributed by atoms with Crippen molar-refractivity contribution in [2.75, 3.05) is 6.26 Å². The standard InChI is InChI=1S/C6H12N4S/c1-3-10-5(4-7)8-9-6(10)11-2/h3-4,7H2,1-2H3. The summed E-state index contributed by atoms with van der Waals surface area (Å²) < 4.78 is 2.02. The zero-order valence-electron chi connectivity index (χ0n) is 6.74. The number of hydrogen-bond donors (Lipinski definition) is 1. The molecule has 2 N–H and O–H groups in total. The maximum atomic E-state index is 5.46. The summed E-state index contributed by atoms with van der Waals surface area (Å²) in [6, 6.07) is 0. The van der Waals surface area contributed by atoms with Crippen LogP contribution in [-0.2, 0) is 13.1 Å². The lowest BCUT2D eigenvalue weighted by Gasteiger charge is -2.02. The number of hydrogen-bond acceptors (Lipinski definition) is 4. The molecule has 0 fully saturated rings. The fourth-order valence-corrected chi connectivity index (χ4v) is 1.52. The largest absolute Gasteiger partial charge is 0.324 e. The predicted molar refractivity (Wildman–Crippen MR) is 45.4 cm³/mol. The van der Waals surface area contributed by atoms with Crippen LogP contribution >= 0.6 is 11.8 Å². The van der Waals surface area contributed by atoms with Gasteiger partial charge in [-0.25, -0.2) is 0 Å². The van der Waals surface area contributed by atoms with Crippen LogP contribution in [0.4, 0.5) is 0 Å². The van der Waals surface area contributed by atoms with Crippen LogP contribution in [0.1, 0.15) is 12.7 Å². The molecular formula is C6H12N4S. The Morgan fingerprint density at radius 2 is 2.27 bits per heavy atom. The van der Waals surface area contributed by atoms with Gasteiger partial charge in [-0.2, -0.15) is 0 Å². The first kappa shape index (κ1) is 8.55. The maximum absolute atomic E-state index is 5.46. The molecule has 0 aliphatic carbocycles. The lowest BCUT2D eigenvalue weighted by molar-refractivity contribution is 0.643. The van der Waals surface area contributed by atoms with Crippen LogP contribution in [0.5, 0.6) is 0 Å². The van der Waals surface area contributed by atoms with Crippen molar-refractivity contribution in [2.24, 2.45) is 5.73 Å². The Morgan fingerprint density at radius 3 is 2.73 bits per heavy atom. The molecule has 0 saturated heterocycles. The lowest BCUT2D eigenvalue weighted by atomic mass is 10.6. The number of thioether (sulfide) groups is 1. The molecule has 1 heterocycles. The van der Waals surface area contributed by atoms with Crippen molar-refractivity contribution in [1.82, 2.24) is 14.8 Å². The van der Waals surface area contributed by atoms with Crippen LogP contribution in [0.15, 0.2) is 5.16 Å². The van der Waals surface area contributed by atoms with Gasteiger partial charge in [-0.15, -0.1) is 10.2 Å². The molecule has 0 atom stereocenters. The van der Waals surface area contributed by atoms with Crippen LogP contribution in [-0.4, -0.2) is 21.0 Å². The third-order valence-corrected chi connectivity index (χ3v) is 2.14. The van der Waals surface area contributed by atoms with E-state index in [9.17, 15) is 0 Å². The second-order valence-corrected chi connectivity index (χ2v) is 2.82. The lowest BCUT2D eigenvalue weighted by Crippen LogP contribution is -2.07. The molecule has 62 valence electrons. The third-order valence-electron chi connectivity index (χ3n) is 1.47. The highest BCUT2D eigenvalue weighted by molar-refractivity contribution is 7.98. The van der Waals surface area contributed by atoms with Gasteiger partial charge in [0.1, 0.15) is 5.82 Å². The number of nitrogens with two attached hydrogens (primary N) is 1. The van der Waals surface area contributed by atoms with Crippen molar-refractivity contribution in [3.8, 4) is 0 Å². The van der Waals surface area contributed by atoms with Crippen LogP contribution in [0.2, 0.25) is 0 Å². The van der Waals surface area contributed by atoms with Gasteiger partial charge in [0, 0.05) is 6.54 Å². The second kappa shape index (κ2) is 3.73. The topological polar surface area (TPSA) is 56.7 Å². The van der Waals surface area contributed by atoms with Gasteiger partial charge >= 0.3 is 0 Å². The Balaban J connectivity index is 2.99. The first-order valence-corrected chi connectivity index (χ1v) is 4.72. The predicted octanol–water partition coefficient (Wildman–Crippen LogP) is 0.479. The van der Waals surface area contributed by atoms with E-state index in [0.29, 0.717) is 6.54 Å². The molecule has 0 aliphatic heterocycles. The molecule has 0 unspecified atom stereocenters. The van der Waals surface area contributed by atoms with E-state index in [4.69, 9.17) is 5.73 Å². The molecule has 0 spiro atoms. The van der Waals surface area contributed by atoms with Crippen molar-refractivity contribution >= 4 is 11.8 Å². The van der Waals surface area contributed by atoms with Gasteiger partial charge in [0.25, 0.3) is 0 Å². The van der Waals surface area contributed by atoms with Crippen molar-refractivity contribution in [1.29, 1.82) is 0 Å². The van der Waals surface area contributed by atoms with Crippen LogP contribution in [0.3, 0.4) is 0 Å². The molecule has 1 rings (SSSR count). The van der Waals surface area contributed by atoms with Gasteiger partial charge in [-0.05, 0) is 13.2 Å². The molecule has 0 aromatic carbocycles. The van der Waals surface area contributed by atoms with Gasteiger partial charge in [0.2, 0.25) is 0 Å². The van der Waals surface area contributed by atoms with Crippen molar-refractivity contribution in [3.63, 3.8) is 0 Å². The maximum Gasteiger partial charge on any atom is 0.190 e. The van der Waals surface area contributed by atoms with E-state index in [2.05, 4.69) is 17.1 Å². The zero-order chi connectivity index (χ0) is 8.27. The van der Waals surface area contributed by atoms with Crippen molar-refractivity contribution < 1.29 is 0 Å². The van der Waals surface area contributed by atoms with Gasteiger partial charge in [-0.3, -0.25) is 0 Å². The second-order valence-electron chi connectivity index (χ2n) is 2.05. The smallest absolute Gasteiger partial charge is 0.190 e. The number of rotatable bonds is 3. The molecule has 0 saturated carbocycles. The number of aromatic nitrogens is 3. The highest BCUT2D eigenvalue weighted by Gasteiger charge is 2.06. The Kier molecular flexibility index (Phi) is 2.90. The molecule has 0 radical (unpaired) electrons. The van der Waals surface area contributed by atoms with E-state index in [1.54, 1.807) is 11.8 Å². The molecule has 1 aromatic rings. The highest BCUT2D eigenvalue weighted by Crippen LogP contribution is 2.12. The average molecular weight is 172 g/mol. The van der Waals surface area contributed by atoms with Crippen LogP contribution in [0.25, 0.3) is 0 Å². The summed E-state index contributed by atoms with van der Waals surface area (Å²) in [5, 5.41) is 8.85. The SMILES string of the molecule is CCn1c(CN)nnc1SC. The molecule has 11 heavy (non-hydrogen) atoms. The Bertz CT molecular complexity index is 211. The molecule has 0 aliphatic rings. The van der Waals surface area contributed by atoms with Gasteiger partial charge in [0.05, 0.1) is 6.54 Å². The summed E-state index contributed by atoms with van der Waals surface area (Å²) in [6.45, 7) is 3.40. The summed E-state index contributed by atoms with van der Waals surface area (Å²) in [7, 11) is 0. The summed E-state index contributed by atoms with van der Waals surface area (Å²) in [5.41, 5.74) is 5.46. The van der Waals surface area contributed by atoms with Crippen molar-refractivity contribution in [2.45, 2.75) is 25.2 Å². The zero-order valence-corrected chi connectivity index (χ0v) is 7.56. The van der Waals surface area contributed by atoms with E-state index < -0.39 is 0 Å². The highest BCUT2D eigenvalue weighted by atomic mass is 32.2. The molecule has 0 bridgehead atoms. The van der Waals surface area contributed by atoms with E-state index in [1.165, 1.54) is 0 Å². The van der Waals surface area contributed by atoms with Gasteiger partial charge < -0.3 is 10.3 Å². The number of nitrogens with zero attached hydrogens (tertiary/aromatic N) is 3. The summed E-state index contributed by atoms with van der Waals surface area (Å²) in [6.07, 6.45) is 1.98. The minimum absolute atomic E-state index is 0.460. The molecular weight excluding hydrogens is 160 g/mol. The summed E-state index contributed by atoms with van der Waals surface area (Å²) >= 11 is 1.59. The Morgan fingerprint density at radius 1 is 1.55 bits per heavy atom. The minimum atomic E-state index is 0.460.